The lowest BCUT2D eigenvalue weighted by Crippen LogP contribution is -2.30. The molecule has 1 N–H and O–H groups in total. The van der Waals surface area contributed by atoms with E-state index < -0.39 is 10.0 Å². The minimum atomic E-state index is -3.58. The number of ether oxygens (including phenoxy) is 1. The summed E-state index contributed by atoms with van der Waals surface area (Å²) < 4.78 is 32.5. The van der Waals surface area contributed by atoms with Crippen molar-refractivity contribution in [2.45, 2.75) is 25.3 Å². The van der Waals surface area contributed by atoms with Gasteiger partial charge in [-0.25, -0.2) is 8.42 Å². The van der Waals surface area contributed by atoms with Crippen LogP contribution in [-0.4, -0.2) is 61.5 Å². The summed E-state index contributed by atoms with van der Waals surface area (Å²) in [7, 11) is -0.547. The van der Waals surface area contributed by atoms with Gasteiger partial charge in [0, 0.05) is 20.7 Å². The Balaban J connectivity index is 3.14. The van der Waals surface area contributed by atoms with E-state index in [1.54, 1.807) is 13.8 Å². The van der Waals surface area contributed by atoms with Crippen LogP contribution in [0.5, 0.6) is 0 Å². The molecule has 0 spiro atoms. The first-order valence-corrected chi connectivity index (χ1v) is 7.40. The van der Waals surface area contributed by atoms with Gasteiger partial charge in [0.15, 0.2) is 0 Å². The smallest absolute Gasteiger partial charge is 0.246 e. The predicted molar refractivity (Wildman–Crippen MR) is 70.5 cm³/mol. The summed E-state index contributed by atoms with van der Waals surface area (Å²) in [6, 6.07) is 0. The molecule has 0 unspecified atom stereocenters. The molecule has 0 aliphatic heterocycles. The highest BCUT2D eigenvalue weighted by atomic mass is 32.2. The summed E-state index contributed by atoms with van der Waals surface area (Å²) in [4.78, 5) is 0.208. The third-order valence-electron chi connectivity index (χ3n) is 2.91. The van der Waals surface area contributed by atoms with Crippen LogP contribution in [0.3, 0.4) is 0 Å². The van der Waals surface area contributed by atoms with E-state index >= 15 is 0 Å². The molecule has 19 heavy (non-hydrogen) atoms. The average Bonchev–Trinajstić information content (AvgIpc) is 2.62. The number of nitrogens with zero attached hydrogens (tertiary/aromatic N) is 3. The van der Waals surface area contributed by atoms with Crippen LogP contribution in [-0.2, 0) is 21.3 Å². The third kappa shape index (κ3) is 3.33. The summed E-state index contributed by atoms with van der Waals surface area (Å²) in [5.41, 5.74) is 0.978. The number of rotatable bonds is 7. The second-order valence-electron chi connectivity index (χ2n) is 4.27. The van der Waals surface area contributed by atoms with Gasteiger partial charge in [-0.15, -0.1) is 0 Å². The molecule has 1 rings (SSSR count). The Kier molecular flexibility index (Phi) is 5.48. The lowest BCUT2D eigenvalue weighted by atomic mass is 10.4. The van der Waals surface area contributed by atoms with Gasteiger partial charge in [-0.2, -0.15) is 9.40 Å². The summed E-state index contributed by atoms with van der Waals surface area (Å²) in [5.74, 6) is 0. The zero-order chi connectivity index (χ0) is 14.6. The van der Waals surface area contributed by atoms with Crippen molar-refractivity contribution >= 4 is 10.0 Å². The highest BCUT2D eigenvalue weighted by Crippen LogP contribution is 2.22. The maximum atomic E-state index is 12.5. The van der Waals surface area contributed by atoms with Crippen LogP contribution < -0.4 is 0 Å². The highest BCUT2D eigenvalue weighted by Gasteiger charge is 2.28. The lowest BCUT2D eigenvalue weighted by Gasteiger charge is -2.16. The fraction of sp³-hybridized carbons (Fsp3) is 0.727. The Bertz CT molecular complexity index is 524. The number of aromatic nitrogens is 2. The molecule has 0 aliphatic carbocycles. The molecule has 1 aromatic rings. The van der Waals surface area contributed by atoms with Gasteiger partial charge in [-0.3, -0.25) is 4.68 Å². The topological polar surface area (TPSA) is 84.7 Å². The van der Waals surface area contributed by atoms with Gasteiger partial charge in [-0.05, 0) is 13.8 Å². The second-order valence-corrected chi connectivity index (χ2v) is 6.25. The number of aliphatic hydroxyl groups excluding tert-OH is 1. The van der Waals surface area contributed by atoms with Gasteiger partial charge in [0.1, 0.15) is 4.90 Å². The number of likely N-dealkylation sites (N-methyl/N-ethyl adjacent to an activating group) is 1. The van der Waals surface area contributed by atoms with Crippen LogP contribution in [0.4, 0.5) is 0 Å². The Hall–Kier alpha value is -0.960. The van der Waals surface area contributed by atoms with Gasteiger partial charge < -0.3 is 9.84 Å². The van der Waals surface area contributed by atoms with Crippen molar-refractivity contribution in [1.29, 1.82) is 0 Å². The first-order chi connectivity index (χ1) is 8.86. The molecule has 0 radical (unpaired) electrons. The van der Waals surface area contributed by atoms with Gasteiger partial charge in [0.05, 0.1) is 31.1 Å². The number of aliphatic hydroxyl groups is 1. The molecule has 0 aromatic carbocycles. The molecule has 0 aliphatic rings. The zero-order valence-corrected chi connectivity index (χ0v) is 12.6. The van der Waals surface area contributed by atoms with Crippen molar-refractivity contribution in [3.05, 3.63) is 11.4 Å². The Morgan fingerprint density at radius 1 is 1.42 bits per heavy atom. The molecule has 0 saturated carbocycles. The first-order valence-electron chi connectivity index (χ1n) is 5.96. The van der Waals surface area contributed by atoms with Crippen LogP contribution >= 0.6 is 0 Å². The highest BCUT2D eigenvalue weighted by molar-refractivity contribution is 7.89. The number of sulfonamides is 1. The molecular formula is C11H21N3O4S. The van der Waals surface area contributed by atoms with E-state index in [-0.39, 0.29) is 24.6 Å². The van der Waals surface area contributed by atoms with E-state index in [4.69, 9.17) is 9.84 Å². The van der Waals surface area contributed by atoms with E-state index in [1.165, 1.54) is 23.1 Å². The minimum Gasteiger partial charge on any atom is -0.394 e. The lowest BCUT2D eigenvalue weighted by molar-refractivity contribution is 0.185. The van der Waals surface area contributed by atoms with E-state index in [2.05, 4.69) is 5.10 Å². The van der Waals surface area contributed by atoms with E-state index in [1.807, 2.05) is 0 Å². The molecule has 110 valence electrons. The summed E-state index contributed by atoms with van der Waals surface area (Å²) in [6.07, 6.45) is 0. The SMILES string of the molecule is COCCN(C)S(=O)(=O)c1c(C)nn(CCO)c1C. The molecule has 1 heterocycles. The maximum Gasteiger partial charge on any atom is 0.246 e. The molecule has 0 atom stereocenters. The fourth-order valence-electron chi connectivity index (χ4n) is 1.86. The molecular weight excluding hydrogens is 270 g/mol. The zero-order valence-electron chi connectivity index (χ0n) is 11.8. The van der Waals surface area contributed by atoms with Crippen molar-refractivity contribution in [1.82, 2.24) is 14.1 Å². The Morgan fingerprint density at radius 2 is 2.05 bits per heavy atom. The molecule has 0 amide bonds. The van der Waals surface area contributed by atoms with E-state index in [0.717, 1.165) is 0 Å². The van der Waals surface area contributed by atoms with E-state index in [0.29, 0.717) is 18.0 Å². The molecule has 1 aromatic heterocycles. The standard InChI is InChI=1S/C11H21N3O4S/c1-9-11(10(2)14(12-9)5-7-15)19(16,17)13(3)6-8-18-4/h15H,5-8H2,1-4H3. The van der Waals surface area contributed by atoms with Gasteiger partial charge in [-0.1, -0.05) is 0 Å². The fourth-order valence-corrected chi connectivity index (χ4v) is 3.38. The van der Waals surface area contributed by atoms with Crippen molar-refractivity contribution in [3.8, 4) is 0 Å². The number of hydrogen-bond donors (Lipinski definition) is 1. The number of hydrogen-bond acceptors (Lipinski definition) is 5. The first kappa shape index (κ1) is 16.1. The van der Waals surface area contributed by atoms with Gasteiger partial charge in [0.25, 0.3) is 0 Å². The van der Waals surface area contributed by atoms with Crippen LogP contribution in [0.15, 0.2) is 4.90 Å². The second kappa shape index (κ2) is 6.47. The van der Waals surface area contributed by atoms with Gasteiger partial charge in [0.2, 0.25) is 10.0 Å². The van der Waals surface area contributed by atoms with Crippen LogP contribution in [0.2, 0.25) is 0 Å². The van der Waals surface area contributed by atoms with E-state index in [9.17, 15) is 8.42 Å². The maximum absolute atomic E-state index is 12.5. The van der Waals surface area contributed by atoms with Crippen LogP contribution in [0, 0.1) is 13.8 Å². The quantitative estimate of drug-likeness (QED) is 0.749. The van der Waals surface area contributed by atoms with Crippen molar-refractivity contribution in [2.24, 2.45) is 0 Å². The summed E-state index contributed by atoms with van der Waals surface area (Å²) in [5, 5.41) is 13.1. The molecule has 7 nitrogen and oxygen atoms in total. The van der Waals surface area contributed by atoms with Crippen LogP contribution in [0.1, 0.15) is 11.4 Å². The largest absolute Gasteiger partial charge is 0.394 e. The summed E-state index contributed by atoms with van der Waals surface area (Å²) >= 11 is 0. The monoisotopic (exact) mass is 291 g/mol. The number of aryl methyl sites for hydroxylation is 1. The molecule has 8 heteroatoms. The Labute approximate surface area is 113 Å². The van der Waals surface area contributed by atoms with Crippen molar-refractivity contribution in [2.75, 3.05) is 33.9 Å². The normalized spacial score (nSPS) is 12.3. The molecule has 0 bridgehead atoms. The molecule has 0 saturated heterocycles. The van der Waals surface area contributed by atoms with Gasteiger partial charge >= 0.3 is 0 Å². The average molecular weight is 291 g/mol. The van der Waals surface area contributed by atoms with Crippen molar-refractivity contribution < 1.29 is 18.3 Å². The molecule has 0 fully saturated rings. The third-order valence-corrected chi connectivity index (χ3v) is 5.02. The van der Waals surface area contributed by atoms with Crippen molar-refractivity contribution in [3.63, 3.8) is 0 Å². The predicted octanol–water partition coefficient (Wildman–Crippen LogP) is -0.241. The number of methoxy groups -OCH3 is 1. The summed E-state index contributed by atoms with van der Waals surface area (Å²) in [6.45, 7) is 4.15. The Morgan fingerprint density at radius 3 is 2.58 bits per heavy atom. The van der Waals surface area contributed by atoms with Crippen LogP contribution in [0.25, 0.3) is 0 Å². The minimum absolute atomic E-state index is 0.0824.